The van der Waals surface area contributed by atoms with Crippen LogP contribution in [0.3, 0.4) is 0 Å². The van der Waals surface area contributed by atoms with E-state index >= 15 is 0 Å². The average molecular weight is 300 g/mol. The van der Waals surface area contributed by atoms with E-state index in [-0.39, 0.29) is 5.69 Å². The molecule has 0 radical (unpaired) electrons. The summed E-state index contributed by atoms with van der Waals surface area (Å²) in [6.45, 7) is 0.962. The molecule has 0 unspecified atom stereocenters. The molecule has 0 spiro atoms. The maximum Gasteiger partial charge on any atom is 0.352 e. The zero-order valence-electron chi connectivity index (χ0n) is 12.1. The Bertz CT molecular complexity index is 790. The highest BCUT2D eigenvalue weighted by Gasteiger charge is 2.17. The van der Waals surface area contributed by atoms with Crippen LogP contribution in [-0.2, 0) is 13.1 Å². The second kappa shape index (κ2) is 5.95. The smallest absolute Gasteiger partial charge is 0.352 e. The number of benzene rings is 1. The zero-order chi connectivity index (χ0) is 15.5. The molecular formula is C16H16N2O4. The number of H-pyrrole nitrogens is 1. The van der Waals surface area contributed by atoms with Crippen LogP contribution in [0, 0.1) is 0 Å². The number of hydrogen-bond donors (Lipinski definition) is 3. The van der Waals surface area contributed by atoms with Gasteiger partial charge in [0.1, 0.15) is 17.2 Å². The third-order valence-corrected chi connectivity index (χ3v) is 3.51. The van der Waals surface area contributed by atoms with Gasteiger partial charge in [0, 0.05) is 23.6 Å². The van der Waals surface area contributed by atoms with Crippen molar-refractivity contribution >= 4 is 16.9 Å². The third kappa shape index (κ3) is 2.68. The number of furan rings is 1. The molecule has 6 heteroatoms. The molecule has 0 fully saturated rings. The SMILES string of the molecule is COc1ccc2c(CNCc3ccco3)c(C(=O)O)[nH]c2c1. The maximum atomic E-state index is 11.4. The first kappa shape index (κ1) is 14.2. The number of carboxylic acid groups (broad SMARTS) is 1. The fourth-order valence-corrected chi connectivity index (χ4v) is 2.45. The van der Waals surface area contributed by atoms with Gasteiger partial charge in [0.25, 0.3) is 0 Å². The number of ether oxygens (including phenoxy) is 1. The molecular weight excluding hydrogens is 284 g/mol. The Balaban J connectivity index is 1.88. The number of hydrogen-bond acceptors (Lipinski definition) is 4. The maximum absolute atomic E-state index is 11.4. The lowest BCUT2D eigenvalue weighted by atomic mass is 10.1. The van der Waals surface area contributed by atoms with E-state index < -0.39 is 5.97 Å². The summed E-state index contributed by atoms with van der Waals surface area (Å²) < 4.78 is 10.4. The minimum absolute atomic E-state index is 0.190. The molecule has 114 valence electrons. The van der Waals surface area contributed by atoms with Crippen molar-refractivity contribution in [3.05, 3.63) is 53.6 Å². The fourth-order valence-electron chi connectivity index (χ4n) is 2.45. The van der Waals surface area contributed by atoms with Gasteiger partial charge < -0.3 is 24.6 Å². The van der Waals surface area contributed by atoms with Crippen molar-refractivity contribution in [2.75, 3.05) is 7.11 Å². The van der Waals surface area contributed by atoms with E-state index in [9.17, 15) is 9.90 Å². The first-order valence-corrected chi connectivity index (χ1v) is 6.84. The first-order valence-electron chi connectivity index (χ1n) is 6.84. The van der Waals surface area contributed by atoms with Crippen LogP contribution in [0.5, 0.6) is 5.75 Å². The van der Waals surface area contributed by atoms with Crippen LogP contribution in [0.1, 0.15) is 21.8 Å². The van der Waals surface area contributed by atoms with Gasteiger partial charge in [0.2, 0.25) is 0 Å². The summed E-state index contributed by atoms with van der Waals surface area (Å²) in [5.74, 6) is 0.504. The molecule has 2 aromatic heterocycles. The Labute approximate surface area is 126 Å². The first-order chi connectivity index (χ1) is 10.7. The molecule has 3 aromatic rings. The van der Waals surface area contributed by atoms with E-state index in [1.165, 1.54) is 0 Å². The van der Waals surface area contributed by atoms with Crippen molar-refractivity contribution in [1.82, 2.24) is 10.3 Å². The summed E-state index contributed by atoms with van der Waals surface area (Å²) in [5.41, 5.74) is 1.65. The van der Waals surface area contributed by atoms with Gasteiger partial charge >= 0.3 is 5.97 Å². The van der Waals surface area contributed by atoms with Gasteiger partial charge in [-0.2, -0.15) is 0 Å². The Morgan fingerprint density at radius 3 is 2.91 bits per heavy atom. The number of carbonyl (C=O) groups is 1. The van der Waals surface area contributed by atoms with Gasteiger partial charge in [-0.3, -0.25) is 0 Å². The van der Waals surface area contributed by atoms with Gasteiger partial charge in [-0.25, -0.2) is 4.79 Å². The molecule has 3 N–H and O–H groups in total. The quantitative estimate of drug-likeness (QED) is 0.651. The molecule has 0 aliphatic carbocycles. The Morgan fingerprint density at radius 1 is 1.36 bits per heavy atom. The number of aromatic nitrogens is 1. The number of nitrogens with one attached hydrogen (secondary N) is 2. The molecule has 0 saturated heterocycles. The molecule has 0 saturated carbocycles. The highest BCUT2D eigenvalue weighted by molar-refractivity contribution is 5.97. The molecule has 6 nitrogen and oxygen atoms in total. The lowest BCUT2D eigenvalue weighted by Crippen LogP contribution is -2.14. The highest BCUT2D eigenvalue weighted by atomic mass is 16.5. The summed E-state index contributed by atoms with van der Waals surface area (Å²) in [7, 11) is 1.58. The normalized spacial score (nSPS) is 11.0. The number of fused-ring (bicyclic) bond motifs is 1. The molecule has 22 heavy (non-hydrogen) atoms. The Hall–Kier alpha value is -2.73. The molecule has 0 amide bonds. The molecule has 0 aliphatic heterocycles. The molecule has 0 aliphatic rings. The molecule has 0 atom stereocenters. The van der Waals surface area contributed by atoms with Crippen LogP contribution in [-0.4, -0.2) is 23.2 Å². The lowest BCUT2D eigenvalue weighted by molar-refractivity contribution is 0.0690. The van der Waals surface area contributed by atoms with Crippen molar-refractivity contribution in [1.29, 1.82) is 0 Å². The van der Waals surface area contributed by atoms with Crippen molar-refractivity contribution in [3.8, 4) is 5.75 Å². The van der Waals surface area contributed by atoms with Crippen molar-refractivity contribution in [3.63, 3.8) is 0 Å². The minimum Gasteiger partial charge on any atom is -0.497 e. The number of aromatic carboxylic acids is 1. The number of aromatic amines is 1. The van der Waals surface area contributed by atoms with Gasteiger partial charge in [-0.15, -0.1) is 0 Å². The van der Waals surface area contributed by atoms with E-state index in [0.717, 1.165) is 22.2 Å². The topological polar surface area (TPSA) is 87.5 Å². The van der Waals surface area contributed by atoms with Crippen molar-refractivity contribution < 1.29 is 19.1 Å². The Kier molecular flexibility index (Phi) is 3.84. The van der Waals surface area contributed by atoms with E-state index in [1.807, 2.05) is 24.3 Å². The summed E-state index contributed by atoms with van der Waals surface area (Å²) in [6, 6.07) is 9.15. The van der Waals surface area contributed by atoms with Crippen LogP contribution in [0.2, 0.25) is 0 Å². The molecule has 2 heterocycles. The van der Waals surface area contributed by atoms with Crippen molar-refractivity contribution in [2.45, 2.75) is 13.1 Å². The monoisotopic (exact) mass is 300 g/mol. The summed E-state index contributed by atoms with van der Waals surface area (Å²) >= 11 is 0. The zero-order valence-corrected chi connectivity index (χ0v) is 12.1. The number of rotatable bonds is 6. The second-order valence-corrected chi connectivity index (χ2v) is 4.88. The second-order valence-electron chi connectivity index (χ2n) is 4.88. The van der Waals surface area contributed by atoms with Crippen molar-refractivity contribution in [2.24, 2.45) is 0 Å². The molecule has 3 rings (SSSR count). The fraction of sp³-hybridized carbons (Fsp3) is 0.188. The van der Waals surface area contributed by atoms with Crippen LogP contribution < -0.4 is 10.1 Å². The van der Waals surface area contributed by atoms with Crippen LogP contribution >= 0.6 is 0 Å². The Morgan fingerprint density at radius 2 is 2.23 bits per heavy atom. The number of methoxy groups -OCH3 is 1. The van der Waals surface area contributed by atoms with E-state index in [4.69, 9.17) is 9.15 Å². The molecule has 0 bridgehead atoms. The third-order valence-electron chi connectivity index (χ3n) is 3.51. The summed E-state index contributed by atoms with van der Waals surface area (Å²) in [4.78, 5) is 14.4. The summed E-state index contributed by atoms with van der Waals surface area (Å²) in [6.07, 6.45) is 1.61. The van der Waals surface area contributed by atoms with Gasteiger partial charge in [0.05, 0.1) is 25.4 Å². The van der Waals surface area contributed by atoms with Crippen LogP contribution in [0.15, 0.2) is 41.0 Å². The van der Waals surface area contributed by atoms with Gasteiger partial charge in [-0.05, 0) is 24.3 Å². The van der Waals surface area contributed by atoms with Gasteiger partial charge in [-0.1, -0.05) is 0 Å². The van der Waals surface area contributed by atoms with E-state index in [0.29, 0.717) is 18.8 Å². The lowest BCUT2D eigenvalue weighted by Gasteiger charge is -2.04. The van der Waals surface area contributed by atoms with Crippen LogP contribution in [0.4, 0.5) is 0 Å². The van der Waals surface area contributed by atoms with Gasteiger partial charge in [0.15, 0.2) is 0 Å². The standard InChI is InChI=1S/C16H16N2O4/c1-21-10-4-5-12-13(9-17-8-11-3-2-6-22-11)15(16(19)20)18-14(12)7-10/h2-7,17-18H,8-9H2,1H3,(H,19,20). The van der Waals surface area contributed by atoms with Crippen LogP contribution in [0.25, 0.3) is 10.9 Å². The summed E-state index contributed by atoms with van der Waals surface area (Å²) in [5, 5.41) is 13.4. The van der Waals surface area contributed by atoms with E-state index in [2.05, 4.69) is 10.3 Å². The predicted octanol–water partition coefficient (Wildman–Crippen LogP) is 2.76. The minimum atomic E-state index is -0.982. The predicted molar refractivity (Wildman–Crippen MR) is 81.1 cm³/mol. The highest BCUT2D eigenvalue weighted by Crippen LogP contribution is 2.26. The average Bonchev–Trinajstić information content (AvgIpc) is 3.14. The van der Waals surface area contributed by atoms with E-state index in [1.54, 1.807) is 19.4 Å². The largest absolute Gasteiger partial charge is 0.497 e. The molecule has 1 aromatic carbocycles. The number of carboxylic acids is 1.